The standard InChI is InChI=1S/C16H15N3Se/c1-2-18-10-17-19(11-18)14-8-5-7-13-12-6-3-4-9-15(12)20-16(13)14/h3-10H,2,11H2,1H3. The fraction of sp³-hybridized carbons (Fsp3) is 0.188. The van der Waals surface area contributed by atoms with E-state index in [0.717, 1.165) is 13.2 Å². The number of nitrogens with zero attached hydrogens (tertiary/aromatic N) is 3. The predicted molar refractivity (Wildman–Crippen MR) is 86.6 cm³/mol. The predicted octanol–water partition coefficient (Wildman–Crippen LogP) is 3.09. The van der Waals surface area contributed by atoms with Crippen molar-refractivity contribution >= 4 is 45.8 Å². The van der Waals surface area contributed by atoms with Gasteiger partial charge in [-0.25, -0.2) is 0 Å². The normalized spacial score (nSPS) is 14.8. The molecule has 0 unspecified atom stereocenters. The first kappa shape index (κ1) is 12.0. The molecule has 4 rings (SSSR count). The Bertz CT molecular complexity index is 806. The van der Waals surface area contributed by atoms with Crippen molar-refractivity contribution in [3.63, 3.8) is 0 Å². The van der Waals surface area contributed by atoms with Gasteiger partial charge in [0.15, 0.2) is 0 Å². The van der Waals surface area contributed by atoms with Crippen molar-refractivity contribution in [3.8, 4) is 0 Å². The Kier molecular flexibility index (Phi) is 2.79. The summed E-state index contributed by atoms with van der Waals surface area (Å²) in [5, 5.41) is 9.46. The van der Waals surface area contributed by atoms with Crippen LogP contribution in [0.2, 0.25) is 0 Å². The molecule has 0 saturated heterocycles. The number of fused-ring (bicyclic) bond motifs is 3. The van der Waals surface area contributed by atoms with Crippen molar-refractivity contribution in [2.45, 2.75) is 6.92 Å². The summed E-state index contributed by atoms with van der Waals surface area (Å²) in [6, 6.07) is 15.3. The SMILES string of the molecule is CCN1C=NN(c2cccc3c2[se]c2ccccc23)C1. The zero-order chi connectivity index (χ0) is 13.5. The Morgan fingerprint density at radius 2 is 1.95 bits per heavy atom. The summed E-state index contributed by atoms with van der Waals surface area (Å²) in [6.45, 7) is 4.02. The zero-order valence-corrected chi connectivity index (χ0v) is 13.0. The minimum absolute atomic E-state index is 0.387. The van der Waals surface area contributed by atoms with E-state index in [1.54, 1.807) is 0 Å². The van der Waals surface area contributed by atoms with E-state index >= 15 is 0 Å². The van der Waals surface area contributed by atoms with Gasteiger partial charge in [-0.2, -0.15) is 0 Å². The third-order valence-corrected chi connectivity index (χ3v) is 6.27. The molecule has 0 fully saturated rings. The molecule has 1 aliphatic rings. The first-order chi connectivity index (χ1) is 9.86. The number of rotatable bonds is 2. The summed E-state index contributed by atoms with van der Waals surface area (Å²) >= 11 is 0.387. The van der Waals surface area contributed by atoms with Gasteiger partial charge >= 0.3 is 123 Å². The quantitative estimate of drug-likeness (QED) is 0.673. The number of hydrogen-bond acceptors (Lipinski definition) is 3. The molecular formula is C16H15N3Se. The van der Waals surface area contributed by atoms with Crippen LogP contribution in [-0.4, -0.2) is 39.0 Å². The number of benzene rings is 2. The summed E-state index contributed by atoms with van der Waals surface area (Å²) < 4.78 is 2.95. The van der Waals surface area contributed by atoms with Crippen LogP contribution in [0, 0.1) is 0 Å². The Labute approximate surface area is 123 Å². The molecule has 0 amide bonds. The summed E-state index contributed by atoms with van der Waals surface area (Å²) in [5.41, 5.74) is 1.27. The van der Waals surface area contributed by atoms with Crippen LogP contribution in [0.15, 0.2) is 47.6 Å². The molecule has 3 aromatic rings. The maximum atomic E-state index is 4.54. The van der Waals surface area contributed by atoms with Crippen molar-refractivity contribution in [1.82, 2.24) is 4.90 Å². The van der Waals surface area contributed by atoms with E-state index in [9.17, 15) is 0 Å². The third-order valence-electron chi connectivity index (χ3n) is 3.74. The fourth-order valence-corrected chi connectivity index (χ4v) is 5.20. The summed E-state index contributed by atoms with van der Waals surface area (Å²) in [7, 11) is 0. The average Bonchev–Trinajstić information content (AvgIpc) is 3.11. The molecule has 0 atom stereocenters. The van der Waals surface area contributed by atoms with E-state index in [-0.39, 0.29) is 0 Å². The van der Waals surface area contributed by atoms with Crippen LogP contribution in [0.5, 0.6) is 0 Å². The van der Waals surface area contributed by atoms with Crippen LogP contribution < -0.4 is 5.01 Å². The molecule has 1 aliphatic heterocycles. The topological polar surface area (TPSA) is 18.8 Å². The van der Waals surface area contributed by atoms with Crippen LogP contribution in [0.3, 0.4) is 0 Å². The van der Waals surface area contributed by atoms with Gasteiger partial charge < -0.3 is 0 Å². The van der Waals surface area contributed by atoms with Crippen LogP contribution in [0.4, 0.5) is 5.69 Å². The van der Waals surface area contributed by atoms with E-state index in [1.807, 2.05) is 6.34 Å². The maximum absolute atomic E-state index is 4.54. The molecule has 100 valence electrons. The van der Waals surface area contributed by atoms with Gasteiger partial charge in [0, 0.05) is 0 Å². The van der Waals surface area contributed by atoms with Gasteiger partial charge in [-0.15, -0.1) is 0 Å². The van der Waals surface area contributed by atoms with Crippen LogP contribution >= 0.6 is 0 Å². The van der Waals surface area contributed by atoms with E-state index in [0.29, 0.717) is 14.5 Å². The molecule has 20 heavy (non-hydrogen) atoms. The molecule has 1 aromatic heterocycles. The second kappa shape index (κ2) is 4.65. The van der Waals surface area contributed by atoms with Crippen molar-refractivity contribution < 1.29 is 0 Å². The molecule has 0 radical (unpaired) electrons. The molecule has 0 saturated carbocycles. The molecule has 0 bridgehead atoms. The monoisotopic (exact) mass is 329 g/mol. The second-order valence-electron chi connectivity index (χ2n) is 4.93. The van der Waals surface area contributed by atoms with Gasteiger partial charge in [-0.3, -0.25) is 0 Å². The molecule has 0 aliphatic carbocycles. The molecule has 4 heteroatoms. The summed E-state index contributed by atoms with van der Waals surface area (Å²) in [4.78, 5) is 2.22. The number of hydrazone groups is 1. The van der Waals surface area contributed by atoms with Gasteiger partial charge in [-0.05, 0) is 0 Å². The minimum atomic E-state index is 0.387. The molecule has 0 spiro atoms. The summed E-state index contributed by atoms with van der Waals surface area (Å²) in [5.74, 6) is 0. The van der Waals surface area contributed by atoms with Crippen LogP contribution in [0.1, 0.15) is 6.92 Å². The Morgan fingerprint density at radius 1 is 1.10 bits per heavy atom. The fourth-order valence-electron chi connectivity index (χ4n) is 2.64. The third kappa shape index (κ3) is 1.76. The second-order valence-corrected chi connectivity index (χ2v) is 7.14. The molecule has 3 nitrogen and oxygen atoms in total. The van der Waals surface area contributed by atoms with E-state index in [4.69, 9.17) is 0 Å². The van der Waals surface area contributed by atoms with E-state index < -0.39 is 0 Å². The van der Waals surface area contributed by atoms with Crippen LogP contribution in [-0.2, 0) is 0 Å². The molecule has 2 aromatic carbocycles. The van der Waals surface area contributed by atoms with Gasteiger partial charge in [-0.1, -0.05) is 0 Å². The van der Waals surface area contributed by atoms with Crippen molar-refractivity contribution in [2.24, 2.45) is 5.10 Å². The molecular weight excluding hydrogens is 313 g/mol. The Balaban J connectivity index is 1.90. The van der Waals surface area contributed by atoms with E-state index in [2.05, 4.69) is 64.4 Å². The van der Waals surface area contributed by atoms with Gasteiger partial charge in [0.05, 0.1) is 0 Å². The van der Waals surface area contributed by atoms with Crippen molar-refractivity contribution in [3.05, 3.63) is 42.5 Å². The molecule has 2 heterocycles. The first-order valence-electron chi connectivity index (χ1n) is 6.83. The van der Waals surface area contributed by atoms with E-state index in [1.165, 1.54) is 25.0 Å². The zero-order valence-electron chi connectivity index (χ0n) is 11.3. The van der Waals surface area contributed by atoms with Gasteiger partial charge in [0.25, 0.3) is 0 Å². The average molecular weight is 328 g/mol. The molecule has 0 N–H and O–H groups in total. The number of hydrogen-bond donors (Lipinski definition) is 0. The van der Waals surface area contributed by atoms with Crippen molar-refractivity contribution in [2.75, 3.05) is 18.2 Å². The first-order valence-corrected chi connectivity index (χ1v) is 8.54. The van der Waals surface area contributed by atoms with Gasteiger partial charge in [0.2, 0.25) is 0 Å². The Hall–Kier alpha value is -1.77. The Morgan fingerprint density at radius 3 is 2.80 bits per heavy atom. The number of anilines is 1. The van der Waals surface area contributed by atoms with Gasteiger partial charge in [0.1, 0.15) is 0 Å². The summed E-state index contributed by atoms with van der Waals surface area (Å²) in [6.07, 6.45) is 1.94. The van der Waals surface area contributed by atoms with Crippen molar-refractivity contribution in [1.29, 1.82) is 0 Å². The van der Waals surface area contributed by atoms with Crippen LogP contribution in [0.25, 0.3) is 19.3 Å².